The van der Waals surface area contributed by atoms with Gasteiger partial charge in [-0.3, -0.25) is 9.59 Å². The van der Waals surface area contributed by atoms with Gasteiger partial charge in [-0.05, 0) is 26.2 Å². The van der Waals surface area contributed by atoms with Crippen molar-refractivity contribution >= 4 is 46.6 Å². The van der Waals surface area contributed by atoms with Gasteiger partial charge >= 0.3 is 0 Å². The molecule has 0 spiro atoms. The summed E-state index contributed by atoms with van der Waals surface area (Å²) in [6.45, 7) is 2.98. The monoisotopic (exact) mass is 407 g/mol. The largest absolute Gasteiger partial charge is 0.339 e. The van der Waals surface area contributed by atoms with Gasteiger partial charge in [-0.25, -0.2) is 0 Å². The third kappa shape index (κ3) is 5.31. The molecule has 138 valence electrons. The van der Waals surface area contributed by atoms with Crippen LogP contribution >= 0.6 is 34.9 Å². The fourth-order valence-electron chi connectivity index (χ4n) is 2.82. The lowest BCUT2D eigenvalue weighted by atomic mass is 10.0. The number of hydrogen-bond acceptors (Lipinski definition) is 7. The van der Waals surface area contributed by atoms with Crippen LogP contribution in [0.2, 0.25) is 0 Å². The van der Waals surface area contributed by atoms with Gasteiger partial charge in [-0.1, -0.05) is 65.2 Å². The first-order chi connectivity index (χ1) is 12.6. The number of carbonyl (C=O) groups is 2. The molecule has 0 aliphatic carbocycles. The summed E-state index contributed by atoms with van der Waals surface area (Å²) in [5.74, 6) is 0.986. The van der Waals surface area contributed by atoms with E-state index in [1.165, 1.54) is 41.3 Å². The highest BCUT2D eigenvalue weighted by Gasteiger charge is 2.23. The molecule has 0 saturated carbocycles. The number of piperidine rings is 1. The number of Topliss-reactive ketones (excluding diaryl/α,β-unsaturated/α-hetero) is 1. The number of ketones is 1. The second kappa shape index (κ2) is 9.53. The van der Waals surface area contributed by atoms with E-state index in [9.17, 15) is 9.59 Å². The molecule has 1 aliphatic heterocycles. The molecule has 1 saturated heterocycles. The summed E-state index contributed by atoms with van der Waals surface area (Å²) in [6, 6.07) is 9.58. The molecule has 1 fully saturated rings. The molecule has 5 nitrogen and oxygen atoms in total. The summed E-state index contributed by atoms with van der Waals surface area (Å²) in [4.78, 5) is 26.5. The van der Waals surface area contributed by atoms with E-state index in [4.69, 9.17) is 0 Å². The van der Waals surface area contributed by atoms with E-state index in [1.807, 2.05) is 35.2 Å². The van der Waals surface area contributed by atoms with Crippen LogP contribution in [0.25, 0.3) is 0 Å². The van der Waals surface area contributed by atoms with Gasteiger partial charge in [-0.2, -0.15) is 0 Å². The number of nitrogens with zero attached hydrogens (tertiary/aromatic N) is 3. The van der Waals surface area contributed by atoms with E-state index >= 15 is 0 Å². The average molecular weight is 408 g/mol. The number of amides is 1. The van der Waals surface area contributed by atoms with Crippen molar-refractivity contribution in [3.8, 4) is 0 Å². The number of hydrogen-bond donors (Lipinski definition) is 0. The van der Waals surface area contributed by atoms with Gasteiger partial charge in [0.25, 0.3) is 0 Å². The maximum absolute atomic E-state index is 12.4. The first kappa shape index (κ1) is 19.4. The molecule has 8 heteroatoms. The van der Waals surface area contributed by atoms with Crippen molar-refractivity contribution < 1.29 is 9.59 Å². The fraction of sp³-hybridized carbons (Fsp3) is 0.444. The third-order valence-corrected chi connectivity index (χ3v) is 7.43. The summed E-state index contributed by atoms with van der Waals surface area (Å²) in [5, 5.41) is 8.25. The van der Waals surface area contributed by atoms with Crippen LogP contribution in [0.1, 0.15) is 36.5 Å². The Morgan fingerprint density at radius 1 is 1.12 bits per heavy atom. The Balaban J connectivity index is 1.46. The molecule has 0 radical (unpaired) electrons. The lowest BCUT2D eigenvalue weighted by molar-refractivity contribution is -0.131. The highest BCUT2D eigenvalue weighted by molar-refractivity contribution is 8.03. The maximum atomic E-state index is 12.4. The predicted octanol–water partition coefficient (Wildman–Crippen LogP) is 4.01. The van der Waals surface area contributed by atoms with Crippen LogP contribution in [-0.4, -0.2) is 50.9 Å². The normalized spacial score (nSPS) is 17.3. The molecular weight excluding hydrogens is 386 g/mol. The molecule has 1 aromatic carbocycles. The molecule has 3 rings (SSSR count). The van der Waals surface area contributed by atoms with E-state index in [1.54, 1.807) is 0 Å². The van der Waals surface area contributed by atoms with Crippen LogP contribution < -0.4 is 0 Å². The number of likely N-dealkylation sites (tertiary alicyclic amines) is 1. The van der Waals surface area contributed by atoms with Crippen molar-refractivity contribution in [3.05, 3.63) is 35.9 Å². The molecule has 2 heterocycles. The second-order valence-corrected chi connectivity index (χ2v) is 9.55. The van der Waals surface area contributed by atoms with Gasteiger partial charge in [0.15, 0.2) is 14.5 Å². The highest BCUT2D eigenvalue weighted by atomic mass is 32.2. The minimum Gasteiger partial charge on any atom is -0.339 e. The summed E-state index contributed by atoms with van der Waals surface area (Å²) in [5.41, 5.74) is 0.709. The molecular formula is C18H21N3O2S3. The van der Waals surface area contributed by atoms with Gasteiger partial charge in [0.05, 0.1) is 11.5 Å². The van der Waals surface area contributed by atoms with Crippen molar-refractivity contribution in [1.82, 2.24) is 15.1 Å². The van der Waals surface area contributed by atoms with E-state index < -0.39 is 0 Å². The van der Waals surface area contributed by atoms with E-state index in [0.717, 1.165) is 28.1 Å². The third-order valence-electron chi connectivity index (χ3n) is 4.25. The van der Waals surface area contributed by atoms with Crippen LogP contribution in [0.4, 0.5) is 0 Å². The van der Waals surface area contributed by atoms with Crippen molar-refractivity contribution in [2.24, 2.45) is 0 Å². The number of carbonyl (C=O) groups excluding carboxylic acids is 2. The second-order valence-electron chi connectivity index (χ2n) is 6.13. The number of thioether (sulfide) groups is 2. The zero-order valence-electron chi connectivity index (χ0n) is 14.6. The molecule has 0 unspecified atom stereocenters. The Morgan fingerprint density at radius 3 is 2.50 bits per heavy atom. The van der Waals surface area contributed by atoms with Gasteiger partial charge in [0.2, 0.25) is 5.91 Å². The van der Waals surface area contributed by atoms with Gasteiger partial charge in [0, 0.05) is 18.2 Å². The fourth-order valence-corrected chi connectivity index (χ4v) is 5.62. The van der Waals surface area contributed by atoms with Crippen molar-refractivity contribution in [1.29, 1.82) is 0 Å². The Morgan fingerprint density at radius 2 is 1.81 bits per heavy atom. The first-order valence-electron chi connectivity index (χ1n) is 8.60. The summed E-state index contributed by atoms with van der Waals surface area (Å²) in [7, 11) is 0. The van der Waals surface area contributed by atoms with Gasteiger partial charge < -0.3 is 4.90 Å². The molecule has 0 N–H and O–H groups in total. The quantitative estimate of drug-likeness (QED) is 0.510. The Hall–Kier alpha value is -1.38. The molecule has 2 aromatic rings. The number of aromatic nitrogens is 2. The van der Waals surface area contributed by atoms with Crippen LogP contribution in [0.15, 0.2) is 39.0 Å². The minimum atomic E-state index is 0.0780. The predicted molar refractivity (Wildman–Crippen MR) is 107 cm³/mol. The number of rotatable bonds is 7. The first-order valence-corrected chi connectivity index (χ1v) is 11.4. The van der Waals surface area contributed by atoms with Crippen LogP contribution in [0, 0.1) is 0 Å². The van der Waals surface area contributed by atoms with E-state index in [0.29, 0.717) is 23.1 Å². The van der Waals surface area contributed by atoms with Crippen molar-refractivity contribution in [2.45, 2.75) is 40.9 Å². The molecule has 0 bridgehead atoms. The summed E-state index contributed by atoms with van der Waals surface area (Å²) < 4.78 is 1.54. The van der Waals surface area contributed by atoms with E-state index in [2.05, 4.69) is 17.1 Å². The van der Waals surface area contributed by atoms with Gasteiger partial charge in [-0.15, -0.1) is 10.2 Å². The average Bonchev–Trinajstić information content (AvgIpc) is 3.13. The molecule has 26 heavy (non-hydrogen) atoms. The lowest BCUT2D eigenvalue weighted by Gasteiger charge is -2.33. The zero-order chi connectivity index (χ0) is 18.4. The zero-order valence-corrected chi connectivity index (χ0v) is 17.0. The summed E-state index contributed by atoms with van der Waals surface area (Å²) in [6.07, 6.45) is 3.39. The molecule has 1 amide bonds. The maximum Gasteiger partial charge on any atom is 0.233 e. The smallest absolute Gasteiger partial charge is 0.233 e. The van der Waals surface area contributed by atoms with E-state index in [-0.39, 0.29) is 11.7 Å². The Labute approximate surface area is 166 Å². The van der Waals surface area contributed by atoms with Crippen LogP contribution in [-0.2, 0) is 4.79 Å². The highest BCUT2D eigenvalue weighted by Crippen LogP contribution is 2.29. The number of benzene rings is 1. The lowest BCUT2D eigenvalue weighted by Crippen LogP contribution is -2.42. The SMILES string of the molecule is C[C@H]1CCCCN1C(=O)CSc1nnc(SCC(=O)c2ccccc2)s1. The Kier molecular flexibility index (Phi) is 7.10. The Bertz CT molecular complexity index is 751. The van der Waals surface area contributed by atoms with Crippen LogP contribution in [0.5, 0.6) is 0 Å². The molecule has 1 atom stereocenters. The van der Waals surface area contributed by atoms with Crippen LogP contribution in [0.3, 0.4) is 0 Å². The van der Waals surface area contributed by atoms with Crippen molar-refractivity contribution in [2.75, 3.05) is 18.1 Å². The molecule has 1 aromatic heterocycles. The van der Waals surface area contributed by atoms with Gasteiger partial charge in [0.1, 0.15) is 0 Å². The summed E-state index contributed by atoms with van der Waals surface area (Å²) >= 11 is 4.26. The van der Waals surface area contributed by atoms with Crippen molar-refractivity contribution in [3.63, 3.8) is 0 Å². The molecule has 1 aliphatic rings. The minimum absolute atomic E-state index is 0.0780. The topological polar surface area (TPSA) is 63.2 Å². The standard InChI is InChI=1S/C18H21N3O2S3/c1-13-7-5-6-10-21(13)16(23)12-25-18-20-19-17(26-18)24-11-15(22)14-8-3-2-4-9-14/h2-4,8-9,13H,5-7,10-12H2,1H3/t13-/m0/s1.